The minimum Gasteiger partial charge on any atom is -0.497 e. The first-order valence-corrected chi connectivity index (χ1v) is 13.3. The van der Waals surface area contributed by atoms with Gasteiger partial charge in [0.25, 0.3) is 0 Å². The number of benzene rings is 2. The molecule has 1 aliphatic carbocycles. The van der Waals surface area contributed by atoms with Gasteiger partial charge in [-0.1, -0.05) is 42.5 Å². The van der Waals surface area contributed by atoms with Crippen LogP contribution in [0.25, 0.3) is 0 Å². The van der Waals surface area contributed by atoms with E-state index >= 15 is 0 Å². The van der Waals surface area contributed by atoms with Crippen molar-refractivity contribution in [2.24, 2.45) is 0 Å². The second-order valence-electron chi connectivity index (χ2n) is 10.2. The summed E-state index contributed by atoms with van der Waals surface area (Å²) in [4.78, 5) is 21.2. The molecule has 2 aliphatic heterocycles. The molecule has 0 spiro atoms. The van der Waals surface area contributed by atoms with Crippen LogP contribution < -0.4 is 4.74 Å². The smallest absolute Gasteiger partial charge is 0.321 e. The summed E-state index contributed by atoms with van der Waals surface area (Å²) in [5.41, 5.74) is 1.15. The van der Waals surface area contributed by atoms with Crippen molar-refractivity contribution in [1.29, 1.82) is 0 Å². The lowest BCUT2D eigenvalue weighted by molar-refractivity contribution is -0.166. The number of halogens is 3. The van der Waals surface area contributed by atoms with E-state index in [-0.39, 0.29) is 49.3 Å². The zero-order chi connectivity index (χ0) is 25.0. The molecule has 1 unspecified atom stereocenters. The van der Waals surface area contributed by atoms with E-state index in [9.17, 15) is 4.79 Å². The first kappa shape index (κ1) is 33.6. The van der Waals surface area contributed by atoms with E-state index < -0.39 is 11.6 Å². The molecule has 2 aromatic carbocycles. The summed E-state index contributed by atoms with van der Waals surface area (Å²) < 4.78 is 17.4. The Labute approximate surface area is 251 Å². The Morgan fingerprint density at radius 2 is 1.44 bits per heavy atom. The summed E-state index contributed by atoms with van der Waals surface area (Å²) >= 11 is 0. The van der Waals surface area contributed by atoms with Gasteiger partial charge in [-0.2, -0.15) is 0 Å². The number of rotatable bonds is 10. The fraction of sp³-hybridized carbons (Fsp3) is 0.552. The number of hydrogen-bond donors (Lipinski definition) is 0. The highest BCUT2D eigenvalue weighted by atomic mass is 35.5. The zero-order valence-electron chi connectivity index (χ0n) is 22.8. The van der Waals surface area contributed by atoms with Crippen molar-refractivity contribution in [3.63, 3.8) is 0 Å². The summed E-state index contributed by atoms with van der Waals surface area (Å²) in [6.45, 7) is 8.46. The van der Waals surface area contributed by atoms with Crippen LogP contribution >= 0.6 is 37.2 Å². The van der Waals surface area contributed by atoms with E-state index in [2.05, 4.69) is 26.8 Å². The Kier molecular flexibility index (Phi) is 13.3. The average molecular weight is 603 g/mol. The molecular formula is C29H42Cl3N3O4. The Morgan fingerprint density at radius 1 is 0.846 bits per heavy atom. The van der Waals surface area contributed by atoms with Gasteiger partial charge < -0.3 is 19.1 Å². The molecule has 5 rings (SSSR count). The monoisotopic (exact) mass is 601 g/mol. The molecule has 0 bridgehead atoms. The quantitative estimate of drug-likeness (QED) is 0.369. The lowest BCUT2D eigenvalue weighted by Gasteiger charge is -2.39. The highest BCUT2D eigenvalue weighted by Gasteiger charge is 2.64. The van der Waals surface area contributed by atoms with Crippen LogP contribution in [0.3, 0.4) is 0 Å². The molecule has 2 heterocycles. The van der Waals surface area contributed by atoms with Crippen LogP contribution in [-0.4, -0.2) is 93.4 Å². The molecular weight excluding hydrogens is 561 g/mol. The standard InChI is InChI=1S/C29H39N3O4.3ClH/c1-34-25-12-10-24(11-13-25)29(22-26(29)35-2)28(33)36-27(23-8-4-3-5-9-23)32-20-18-31(19-21-32)17-16-30-14-6-7-15-30;;;/h3-5,8-13,26-27H,6-7,14-22H2,1-2H3;3*1H/t26-,27?,29-;;;/m0.../s1. The van der Waals surface area contributed by atoms with Crippen molar-refractivity contribution in [1.82, 2.24) is 14.7 Å². The van der Waals surface area contributed by atoms with Gasteiger partial charge in [0.15, 0.2) is 6.23 Å². The Morgan fingerprint density at radius 3 is 1.97 bits per heavy atom. The summed E-state index contributed by atoms with van der Waals surface area (Å²) in [5, 5.41) is 0. The number of likely N-dealkylation sites (tertiary alicyclic amines) is 1. The number of nitrogens with zero attached hydrogens (tertiary/aromatic N) is 3. The van der Waals surface area contributed by atoms with Crippen LogP contribution in [0.5, 0.6) is 5.75 Å². The highest BCUT2D eigenvalue weighted by molar-refractivity contribution is 5.88. The molecule has 1 saturated carbocycles. The molecule has 39 heavy (non-hydrogen) atoms. The van der Waals surface area contributed by atoms with Gasteiger partial charge in [-0.3, -0.25) is 14.6 Å². The number of ether oxygens (including phenoxy) is 3. The predicted octanol–water partition coefficient (Wildman–Crippen LogP) is 4.57. The van der Waals surface area contributed by atoms with Crippen molar-refractivity contribution in [2.75, 3.05) is 66.6 Å². The Balaban J connectivity index is 0.00000178. The second-order valence-corrected chi connectivity index (χ2v) is 10.2. The molecule has 3 atom stereocenters. The largest absolute Gasteiger partial charge is 0.497 e. The molecule has 2 saturated heterocycles. The van der Waals surface area contributed by atoms with Gasteiger partial charge in [0, 0.05) is 51.9 Å². The third-order valence-electron chi connectivity index (χ3n) is 8.12. The zero-order valence-corrected chi connectivity index (χ0v) is 25.3. The molecule has 0 amide bonds. The maximum Gasteiger partial charge on any atom is 0.321 e. The van der Waals surface area contributed by atoms with E-state index in [4.69, 9.17) is 14.2 Å². The second kappa shape index (κ2) is 15.4. The van der Waals surface area contributed by atoms with Crippen molar-refractivity contribution in [2.45, 2.75) is 37.0 Å². The summed E-state index contributed by atoms with van der Waals surface area (Å²) in [5.74, 6) is 0.548. The lowest BCUT2D eigenvalue weighted by Crippen LogP contribution is -2.50. The van der Waals surface area contributed by atoms with Gasteiger partial charge in [-0.05, 0) is 50.0 Å². The molecule has 218 valence electrons. The van der Waals surface area contributed by atoms with Crippen LogP contribution in [0, 0.1) is 0 Å². The van der Waals surface area contributed by atoms with E-state index in [1.807, 2.05) is 42.5 Å². The number of piperazine rings is 1. The fourth-order valence-corrected chi connectivity index (χ4v) is 5.73. The van der Waals surface area contributed by atoms with Crippen LogP contribution in [0.2, 0.25) is 0 Å². The van der Waals surface area contributed by atoms with Gasteiger partial charge in [0.05, 0.1) is 13.2 Å². The minimum absolute atomic E-state index is 0. The normalized spacial score (nSPS) is 24.0. The van der Waals surface area contributed by atoms with E-state index in [0.717, 1.165) is 56.1 Å². The van der Waals surface area contributed by atoms with Gasteiger partial charge in [-0.15, -0.1) is 37.2 Å². The third kappa shape index (κ3) is 7.59. The molecule has 2 aromatic rings. The summed E-state index contributed by atoms with van der Waals surface area (Å²) in [7, 11) is 3.31. The van der Waals surface area contributed by atoms with Crippen LogP contribution in [0.15, 0.2) is 54.6 Å². The molecule has 10 heteroatoms. The first-order chi connectivity index (χ1) is 17.6. The molecule has 3 fully saturated rings. The average Bonchev–Trinajstić information content (AvgIpc) is 3.46. The lowest BCUT2D eigenvalue weighted by atomic mass is 9.95. The van der Waals surface area contributed by atoms with Gasteiger partial charge >= 0.3 is 5.97 Å². The van der Waals surface area contributed by atoms with Gasteiger partial charge in [0.2, 0.25) is 0 Å². The molecule has 0 aromatic heterocycles. The van der Waals surface area contributed by atoms with Crippen LogP contribution in [0.1, 0.15) is 36.6 Å². The predicted molar refractivity (Wildman–Crippen MR) is 161 cm³/mol. The maximum absolute atomic E-state index is 13.8. The number of methoxy groups -OCH3 is 2. The maximum atomic E-state index is 13.8. The summed E-state index contributed by atoms with van der Waals surface area (Å²) in [6.07, 6.45) is 2.70. The van der Waals surface area contributed by atoms with Gasteiger partial charge in [0.1, 0.15) is 11.2 Å². The van der Waals surface area contributed by atoms with Crippen molar-refractivity contribution in [3.8, 4) is 5.75 Å². The van der Waals surface area contributed by atoms with Crippen LogP contribution in [0.4, 0.5) is 0 Å². The van der Waals surface area contributed by atoms with Crippen molar-refractivity contribution in [3.05, 3.63) is 65.7 Å². The number of esters is 1. The Bertz CT molecular complexity index is 1000. The molecule has 3 aliphatic rings. The number of hydrogen-bond acceptors (Lipinski definition) is 7. The van der Waals surface area contributed by atoms with E-state index in [1.165, 1.54) is 25.9 Å². The first-order valence-electron chi connectivity index (χ1n) is 13.3. The number of carbonyl (C=O) groups excluding carboxylic acids is 1. The van der Waals surface area contributed by atoms with E-state index in [0.29, 0.717) is 6.42 Å². The van der Waals surface area contributed by atoms with Crippen molar-refractivity contribution >= 4 is 43.2 Å². The molecule has 0 radical (unpaired) electrons. The molecule has 7 nitrogen and oxygen atoms in total. The van der Waals surface area contributed by atoms with Crippen LogP contribution in [-0.2, 0) is 19.7 Å². The highest BCUT2D eigenvalue weighted by Crippen LogP contribution is 2.52. The molecule has 0 N–H and O–H groups in total. The SMILES string of the molecule is COc1ccc([C@@]2(C(=O)OC(c3ccccc3)N3CCN(CCN4CCCC4)CC3)C[C@@H]2OC)cc1.Cl.Cl.Cl. The topological polar surface area (TPSA) is 54.5 Å². The third-order valence-corrected chi connectivity index (χ3v) is 8.12. The number of carbonyl (C=O) groups is 1. The minimum atomic E-state index is -0.772. The summed E-state index contributed by atoms with van der Waals surface area (Å²) in [6, 6.07) is 17.8. The Hall–Kier alpha value is -1.58. The van der Waals surface area contributed by atoms with Gasteiger partial charge in [-0.25, -0.2) is 0 Å². The van der Waals surface area contributed by atoms with Crippen molar-refractivity contribution < 1.29 is 19.0 Å². The fourth-order valence-electron chi connectivity index (χ4n) is 5.73. The van der Waals surface area contributed by atoms with E-state index in [1.54, 1.807) is 14.2 Å².